The maximum Gasteiger partial charge on any atom is 0.226 e. The van der Waals surface area contributed by atoms with Gasteiger partial charge in [-0.3, -0.25) is 5.10 Å². The zero-order valence-corrected chi connectivity index (χ0v) is 11.9. The molecule has 20 heavy (non-hydrogen) atoms. The lowest BCUT2D eigenvalue weighted by molar-refractivity contribution is 0.0820. The Morgan fingerprint density at radius 3 is 3.25 bits per heavy atom. The number of rotatable bonds is 3. The summed E-state index contributed by atoms with van der Waals surface area (Å²) in [6, 6.07) is 0. The van der Waals surface area contributed by atoms with Crippen LogP contribution in [0.25, 0.3) is 11.0 Å². The first-order valence-electron chi connectivity index (χ1n) is 7.09. The van der Waals surface area contributed by atoms with Crippen LogP contribution in [-0.4, -0.2) is 52.5 Å². The number of hydrogen-bond acceptors (Lipinski definition) is 6. The van der Waals surface area contributed by atoms with Crippen LogP contribution in [0.15, 0.2) is 6.20 Å². The average molecular weight is 276 g/mol. The van der Waals surface area contributed by atoms with Crippen LogP contribution in [0.5, 0.6) is 0 Å². The fraction of sp³-hybridized carbons (Fsp3) is 0.615. The predicted molar refractivity (Wildman–Crippen MR) is 78.1 cm³/mol. The molecule has 108 valence electrons. The van der Waals surface area contributed by atoms with Crippen molar-refractivity contribution in [3.05, 3.63) is 6.20 Å². The Bertz CT molecular complexity index is 583. The largest absolute Gasteiger partial charge is 0.377 e. The highest BCUT2D eigenvalue weighted by Crippen LogP contribution is 2.25. The first-order chi connectivity index (χ1) is 9.78. The Hall–Kier alpha value is -1.89. The van der Waals surface area contributed by atoms with Gasteiger partial charge < -0.3 is 15.0 Å². The van der Waals surface area contributed by atoms with E-state index < -0.39 is 0 Å². The Labute approximate surface area is 117 Å². The van der Waals surface area contributed by atoms with Gasteiger partial charge in [0.2, 0.25) is 5.95 Å². The molecule has 2 aromatic heterocycles. The number of hydrogen-bond donors (Lipinski definition) is 2. The highest BCUT2D eigenvalue weighted by Gasteiger charge is 2.20. The fourth-order valence-electron chi connectivity index (χ4n) is 2.48. The van der Waals surface area contributed by atoms with Gasteiger partial charge in [0.25, 0.3) is 0 Å². The van der Waals surface area contributed by atoms with Gasteiger partial charge in [-0.05, 0) is 20.3 Å². The van der Waals surface area contributed by atoms with E-state index >= 15 is 0 Å². The summed E-state index contributed by atoms with van der Waals surface area (Å²) in [6.45, 7) is 7.49. The molecule has 1 unspecified atom stereocenters. The second kappa shape index (κ2) is 5.62. The van der Waals surface area contributed by atoms with Crippen LogP contribution in [0.1, 0.15) is 20.3 Å². The molecule has 2 N–H and O–H groups in total. The van der Waals surface area contributed by atoms with Crippen molar-refractivity contribution in [1.29, 1.82) is 0 Å². The summed E-state index contributed by atoms with van der Waals surface area (Å²) in [5.74, 6) is 1.56. The highest BCUT2D eigenvalue weighted by molar-refractivity contribution is 5.87. The highest BCUT2D eigenvalue weighted by atomic mass is 16.5. The lowest BCUT2D eigenvalue weighted by Crippen LogP contribution is -2.31. The first-order valence-corrected chi connectivity index (χ1v) is 7.09. The summed E-state index contributed by atoms with van der Waals surface area (Å²) < 4.78 is 5.70. The lowest BCUT2D eigenvalue weighted by atomic mass is 10.3. The van der Waals surface area contributed by atoms with Crippen molar-refractivity contribution >= 4 is 22.8 Å². The normalized spacial score (nSPS) is 20.1. The summed E-state index contributed by atoms with van der Waals surface area (Å²) >= 11 is 0. The van der Waals surface area contributed by atoms with Gasteiger partial charge in [-0.25, -0.2) is 0 Å². The Balaban J connectivity index is 2.01. The topological polar surface area (TPSA) is 79.0 Å². The van der Waals surface area contributed by atoms with E-state index in [1.54, 1.807) is 6.20 Å². The minimum absolute atomic E-state index is 0.206. The van der Waals surface area contributed by atoms with Crippen LogP contribution < -0.4 is 10.2 Å². The third-order valence-corrected chi connectivity index (χ3v) is 3.38. The number of H-pyrrole nitrogens is 1. The predicted octanol–water partition coefficient (Wildman–Crippen LogP) is 1.40. The lowest BCUT2D eigenvalue weighted by Gasteiger charge is -2.24. The molecule has 0 spiro atoms. The molecular weight excluding hydrogens is 256 g/mol. The van der Waals surface area contributed by atoms with Crippen molar-refractivity contribution in [2.75, 3.05) is 36.5 Å². The molecule has 3 heterocycles. The van der Waals surface area contributed by atoms with Crippen molar-refractivity contribution in [3.63, 3.8) is 0 Å². The zero-order chi connectivity index (χ0) is 13.9. The molecule has 1 aliphatic rings. The monoisotopic (exact) mass is 276 g/mol. The van der Waals surface area contributed by atoms with Gasteiger partial charge in [-0.1, -0.05) is 0 Å². The summed E-state index contributed by atoms with van der Waals surface area (Å²) in [5, 5.41) is 11.1. The first kappa shape index (κ1) is 13.1. The molecule has 0 radical (unpaired) electrons. The minimum atomic E-state index is 0.206. The number of ether oxygens (including phenoxy) is 1. The van der Waals surface area contributed by atoms with E-state index in [1.165, 1.54) is 0 Å². The van der Waals surface area contributed by atoms with Crippen LogP contribution in [0.3, 0.4) is 0 Å². The molecule has 7 heteroatoms. The van der Waals surface area contributed by atoms with Crippen LogP contribution in [0.4, 0.5) is 11.8 Å². The van der Waals surface area contributed by atoms with Crippen molar-refractivity contribution in [2.45, 2.75) is 26.4 Å². The standard InChI is InChI=1S/C13H20N6O/c1-3-14-13-16-11-10(7-15-18-11)12(17-13)19-5-4-6-20-9(2)8-19/h7,9H,3-6,8H2,1-2H3,(H2,14,15,16,17,18). The van der Waals surface area contributed by atoms with Crippen LogP contribution in [-0.2, 0) is 4.74 Å². The number of nitrogens with one attached hydrogen (secondary N) is 2. The quantitative estimate of drug-likeness (QED) is 0.882. The van der Waals surface area contributed by atoms with Gasteiger partial charge in [0.05, 0.1) is 17.7 Å². The van der Waals surface area contributed by atoms with Gasteiger partial charge in [0.1, 0.15) is 5.82 Å². The molecule has 3 rings (SSSR count). The number of anilines is 2. The number of aromatic amines is 1. The maximum atomic E-state index is 5.70. The molecule has 0 amide bonds. The Kier molecular flexibility index (Phi) is 3.68. The van der Waals surface area contributed by atoms with Gasteiger partial charge >= 0.3 is 0 Å². The smallest absolute Gasteiger partial charge is 0.226 e. The summed E-state index contributed by atoms with van der Waals surface area (Å²) in [6.07, 6.45) is 3.00. The van der Waals surface area contributed by atoms with E-state index in [2.05, 4.69) is 37.3 Å². The maximum absolute atomic E-state index is 5.70. The van der Waals surface area contributed by atoms with Crippen molar-refractivity contribution in [2.24, 2.45) is 0 Å². The third kappa shape index (κ3) is 2.53. The second-order valence-electron chi connectivity index (χ2n) is 5.01. The van der Waals surface area contributed by atoms with Gasteiger partial charge in [-0.2, -0.15) is 15.1 Å². The summed E-state index contributed by atoms with van der Waals surface area (Å²) in [4.78, 5) is 11.3. The van der Waals surface area contributed by atoms with Crippen LogP contribution >= 0.6 is 0 Å². The van der Waals surface area contributed by atoms with Gasteiger partial charge in [0.15, 0.2) is 5.65 Å². The van der Waals surface area contributed by atoms with E-state index in [9.17, 15) is 0 Å². The Morgan fingerprint density at radius 1 is 1.50 bits per heavy atom. The van der Waals surface area contributed by atoms with E-state index in [1.807, 2.05) is 6.92 Å². The van der Waals surface area contributed by atoms with Gasteiger partial charge in [-0.15, -0.1) is 0 Å². The van der Waals surface area contributed by atoms with Crippen molar-refractivity contribution < 1.29 is 4.74 Å². The van der Waals surface area contributed by atoms with Gasteiger partial charge in [0, 0.05) is 26.2 Å². The van der Waals surface area contributed by atoms with E-state index in [-0.39, 0.29) is 6.10 Å². The molecule has 1 aliphatic heterocycles. The number of fused-ring (bicyclic) bond motifs is 1. The molecule has 0 aliphatic carbocycles. The Morgan fingerprint density at radius 2 is 2.40 bits per heavy atom. The van der Waals surface area contributed by atoms with E-state index in [0.717, 1.165) is 49.5 Å². The van der Waals surface area contributed by atoms with E-state index in [4.69, 9.17) is 4.74 Å². The second-order valence-corrected chi connectivity index (χ2v) is 5.01. The number of nitrogens with zero attached hydrogens (tertiary/aromatic N) is 4. The molecule has 1 atom stereocenters. The van der Waals surface area contributed by atoms with E-state index in [0.29, 0.717) is 5.95 Å². The van der Waals surface area contributed by atoms with Crippen LogP contribution in [0, 0.1) is 0 Å². The SMILES string of the molecule is CCNc1nc(N2CCCOC(C)C2)c2cn[nH]c2n1. The summed E-state index contributed by atoms with van der Waals surface area (Å²) in [7, 11) is 0. The summed E-state index contributed by atoms with van der Waals surface area (Å²) in [5.41, 5.74) is 0.767. The molecule has 0 bridgehead atoms. The molecule has 1 fully saturated rings. The molecule has 2 aromatic rings. The molecule has 0 saturated carbocycles. The fourth-order valence-corrected chi connectivity index (χ4v) is 2.48. The van der Waals surface area contributed by atoms with Crippen molar-refractivity contribution in [3.8, 4) is 0 Å². The molecular formula is C13H20N6O. The molecule has 7 nitrogen and oxygen atoms in total. The average Bonchev–Trinajstić information content (AvgIpc) is 2.79. The minimum Gasteiger partial charge on any atom is -0.377 e. The van der Waals surface area contributed by atoms with Crippen molar-refractivity contribution in [1.82, 2.24) is 20.2 Å². The third-order valence-electron chi connectivity index (χ3n) is 3.38. The molecule has 1 saturated heterocycles. The number of aromatic nitrogens is 4. The van der Waals surface area contributed by atoms with Crippen LogP contribution in [0.2, 0.25) is 0 Å². The zero-order valence-electron chi connectivity index (χ0n) is 11.9. The molecule has 0 aromatic carbocycles.